The summed E-state index contributed by atoms with van der Waals surface area (Å²) in [7, 11) is -4.07. The maximum Gasteiger partial charge on any atom is 0.264 e. The van der Waals surface area contributed by atoms with Crippen molar-refractivity contribution in [1.29, 1.82) is 0 Å². The maximum absolute atomic E-state index is 13.9. The van der Waals surface area contributed by atoms with E-state index < -0.39 is 28.5 Å². The highest BCUT2D eigenvalue weighted by Gasteiger charge is 2.33. The Hall–Kier alpha value is -3.36. The van der Waals surface area contributed by atoms with Crippen molar-refractivity contribution < 1.29 is 18.0 Å². The second-order valence-electron chi connectivity index (χ2n) is 8.63. The summed E-state index contributed by atoms with van der Waals surface area (Å²) in [5.41, 5.74) is 1.99. The first kappa shape index (κ1) is 28.2. The van der Waals surface area contributed by atoms with Crippen LogP contribution < -0.4 is 9.62 Å². The van der Waals surface area contributed by atoms with Gasteiger partial charge in [0.05, 0.1) is 10.6 Å². The Kier molecular flexibility index (Phi) is 9.72. The van der Waals surface area contributed by atoms with E-state index in [0.29, 0.717) is 23.7 Å². The van der Waals surface area contributed by atoms with Gasteiger partial charge in [-0.25, -0.2) is 8.42 Å². The number of anilines is 1. The average molecular weight is 542 g/mol. The number of hydrogen-bond donors (Lipinski definition) is 1. The molecule has 37 heavy (non-hydrogen) atoms. The quantitative estimate of drug-likeness (QED) is 0.378. The van der Waals surface area contributed by atoms with Crippen molar-refractivity contribution in [2.45, 2.75) is 44.7 Å². The van der Waals surface area contributed by atoms with Gasteiger partial charge in [-0.05, 0) is 67.8 Å². The van der Waals surface area contributed by atoms with Crippen molar-refractivity contribution >= 4 is 39.1 Å². The van der Waals surface area contributed by atoms with Crippen LogP contribution in [0.25, 0.3) is 0 Å². The summed E-state index contributed by atoms with van der Waals surface area (Å²) in [6.07, 6.45) is 0.362. The number of nitrogens with zero attached hydrogens (tertiary/aromatic N) is 2. The molecule has 0 spiro atoms. The molecule has 0 bridgehead atoms. The Labute approximate surface area is 224 Å². The van der Waals surface area contributed by atoms with Crippen LogP contribution in [0.15, 0.2) is 83.8 Å². The number of carbonyl (C=O) groups is 2. The van der Waals surface area contributed by atoms with Crippen LogP contribution in [0.3, 0.4) is 0 Å². The molecule has 7 nitrogen and oxygen atoms in total. The molecular formula is C28H32ClN3O4S. The number of hydrogen-bond acceptors (Lipinski definition) is 4. The summed E-state index contributed by atoms with van der Waals surface area (Å²) in [6.45, 7) is 5.55. The van der Waals surface area contributed by atoms with Gasteiger partial charge in [0, 0.05) is 18.1 Å². The largest absolute Gasteiger partial charge is 0.355 e. The van der Waals surface area contributed by atoms with Crippen LogP contribution in [0.4, 0.5) is 5.69 Å². The highest BCUT2D eigenvalue weighted by molar-refractivity contribution is 7.92. The van der Waals surface area contributed by atoms with E-state index in [-0.39, 0.29) is 17.3 Å². The van der Waals surface area contributed by atoms with Gasteiger partial charge in [0.15, 0.2) is 0 Å². The van der Waals surface area contributed by atoms with E-state index in [4.69, 9.17) is 11.6 Å². The van der Waals surface area contributed by atoms with Gasteiger partial charge in [-0.3, -0.25) is 13.9 Å². The zero-order valence-corrected chi connectivity index (χ0v) is 22.8. The lowest BCUT2D eigenvalue weighted by Crippen LogP contribution is -2.52. The number of benzene rings is 3. The second-order valence-corrected chi connectivity index (χ2v) is 10.9. The Morgan fingerprint density at radius 3 is 2.22 bits per heavy atom. The van der Waals surface area contributed by atoms with Gasteiger partial charge in [0.2, 0.25) is 11.8 Å². The Morgan fingerprint density at radius 2 is 1.62 bits per heavy atom. The summed E-state index contributed by atoms with van der Waals surface area (Å²) >= 11 is 6.03. The van der Waals surface area contributed by atoms with Gasteiger partial charge in [-0.2, -0.15) is 0 Å². The number of carbonyl (C=O) groups excluding carboxylic acids is 2. The number of amides is 2. The number of rotatable bonds is 11. The van der Waals surface area contributed by atoms with E-state index in [1.807, 2.05) is 26.8 Å². The first-order valence-electron chi connectivity index (χ1n) is 12.1. The standard InChI is InChI=1S/C28H32ClN3O4S/c1-4-26(28(34)30-5-2)31(19-22-14-16-23(29)17-15-22)27(33)20-32(24-11-9-10-21(3)18-24)37(35,36)25-12-7-6-8-13-25/h6-18,26H,4-5,19-20H2,1-3H3,(H,30,34)/t26-/m0/s1. The maximum atomic E-state index is 13.9. The molecule has 1 atom stereocenters. The van der Waals surface area contributed by atoms with Crippen LogP contribution in [0.2, 0.25) is 5.02 Å². The van der Waals surface area contributed by atoms with Gasteiger partial charge >= 0.3 is 0 Å². The van der Waals surface area contributed by atoms with Gasteiger partial charge in [-0.1, -0.05) is 61.0 Å². The van der Waals surface area contributed by atoms with Crippen molar-refractivity contribution in [3.8, 4) is 0 Å². The highest BCUT2D eigenvalue weighted by Crippen LogP contribution is 2.25. The molecule has 0 saturated heterocycles. The smallest absolute Gasteiger partial charge is 0.264 e. The third-order valence-electron chi connectivity index (χ3n) is 5.90. The van der Waals surface area contributed by atoms with E-state index in [1.54, 1.807) is 60.7 Å². The number of halogens is 1. The molecule has 0 saturated carbocycles. The normalized spacial score (nSPS) is 12.0. The van der Waals surface area contributed by atoms with Crippen molar-refractivity contribution in [2.75, 3.05) is 17.4 Å². The first-order valence-corrected chi connectivity index (χ1v) is 13.9. The third kappa shape index (κ3) is 7.11. The molecule has 9 heteroatoms. The fourth-order valence-electron chi connectivity index (χ4n) is 4.03. The predicted molar refractivity (Wildman–Crippen MR) is 147 cm³/mol. The summed E-state index contributed by atoms with van der Waals surface area (Å²) < 4.78 is 28.6. The molecule has 0 heterocycles. The lowest BCUT2D eigenvalue weighted by Gasteiger charge is -2.33. The van der Waals surface area contributed by atoms with E-state index in [0.717, 1.165) is 15.4 Å². The molecule has 0 aliphatic heterocycles. The minimum Gasteiger partial charge on any atom is -0.355 e. The molecule has 0 aromatic heterocycles. The summed E-state index contributed by atoms with van der Waals surface area (Å²) in [5, 5.41) is 3.34. The number of sulfonamides is 1. The van der Waals surface area contributed by atoms with E-state index >= 15 is 0 Å². The molecule has 3 rings (SSSR count). The van der Waals surface area contributed by atoms with Gasteiger partial charge in [0.1, 0.15) is 12.6 Å². The second kappa shape index (κ2) is 12.7. The zero-order valence-electron chi connectivity index (χ0n) is 21.2. The van der Waals surface area contributed by atoms with E-state index in [2.05, 4.69) is 5.32 Å². The molecule has 0 fully saturated rings. The third-order valence-corrected chi connectivity index (χ3v) is 7.94. The van der Waals surface area contributed by atoms with Crippen molar-refractivity contribution in [1.82, 2.24) is 10.2 Å². The van der Waals surface area contributed by atoms with Gasteiger partial charge in [0.25, 0.3) is 10.0 Å². The molecule has 1 N–H and O–H groups in total. The summed E-state index contributed by atoms with van der Waals surface area (Å²) in [5.74, 6) is -0.783. The van der Waals surface area contributed by atoms with Crippen LogP contribution in [0, 0.1) is 6.92 Å². The molecule has 196 valence electrons. The van der Waals surface area contributed by atoms with Gasteiger partial charge < -0.3 is 10.2 Å². The van der Waals surface area contributed by atoms with Crippen LogP contribution in [0.1, 0.15) is 31.4 Å². The molecule has 3 aromatic carbocycles. The first-order chi connectivity index (χ1) is 17.7. The molecule has 0 unspecified atom stereocenters. The van der Waals surface area contributed by atoms with Crippen molar-refractivity contribution in [2.24, 2.45) is 0 Å². The molecule has 3 aromatic rings. The lowest BCUT2D eigenvalue weighted by molar-refractivity contribution is -0.140. The van der Waals surface area contributed by atoms with Crippen molar-refractivity contribution in [3.05, 3.63) is 95.0 Å². The Morgan fingerprint density at radius 1 is 0.946 bits per heavy atom. The fraction of sp³-hybridized carbons (Fsp3) is 0.286. The number of aryl methyl sites for hydroxylation is 1. The topological polar surface area (TPSA) is 86.8 Å². The number of nitrogens with one attached hydrogen (secondary N) is 1. The number of likely N-dealkylation sites (N-methyl/N-ethyl adjacent to an activating group) is 1. The van der Waals surface area contributed by atoms with E-state index in [9.17, 15) is 18.0 Å². The van der Waals surface area contributed by atoms with Crippen LogP contribution in [-0.2, 0) is 26.2 Å². The average Bonchev–Trinajstić information content (AvgIpc) is 2.88. The molecule has 0 radical (unpaired) electrons. The Balaban J connectivity index is 2.04. The summed E-state index contributed by atoms with van der Waals surface area (Å²) in [6, 6.07) is 21.2. The monoisotopic (exact) mass is 541 g/mol. The SMILES string of the molecule is CCNC(=O)[C@H](CC)N(Cc1ccc(Cl)cc1)C(=O)CN(c1cccc(C)c1)S(=O)(=O)c1ccccc1. The van der Waals surface area contributed by atoms with Crippen LogP contribution in [-0.4, -0.2) is 44.3 Å². The summed E-state index contributed by atoms with van der Waals surface area (Å²) in [4.78, 5) is 28.3. The highest BCUT2D eigenvalue weighted by atomic mass is 35.5. The zero-order chi connectivity index (χ0) is 27.0. The lowest BCUT2D eigenvalue weighted by atomic mass is 10.1. The van der Waals surface area contributed by atoms with E-state index in [1.165, 1.54) is 17.0 Å². The van der Waals surface area contributed by atoms with Crippen molar-refractivity contribution in [3.63, 3.8) is 0 Å². The molecule has 0 aliphatic rings. The minimum absolute atomic E-state index is 0.0734. The molecular weight excluding hydrogens is 510 g/mol. The van der Waals surface area contributed by atoms with Gasteiger partial charge in [-0.15, -0.1) is 0 Å². The van der Waals surface area contributed by atoms with Crippen LogP contribution >= 0.6 is 11.6 Å². The fourth-order valence-corrected chi connectivity index (χ4v) is 5.58. The molecule has 0 aliphatic carbocycles. The van der Waals surface area contributed by atoms with Crippen LogP contribution in [0.5, 0.6) is 0 Å². The molecule has 2 amide bonds. The predicted octanol–water partition coefficient (Wildman–Crippen LogP) is 4.79. The Bertz CT molecular complexity index is 1310. The minimum atomic E-state index is -4.07.